The quantitative estimate of drug-likeness (QED) is 0.821. The van der Waals surface area contributed by atoms with E-state index in [2.05, 4.69) is 18.7 Å². The van der Waals surface area contributed by atoms with Gasteiger partial charge in [-0.2, -0.15) is 0 Å². The zero-order valence-corrected chi connectivity index (χ0v) is 13.8. The van der Waals surface area contributed by atoms with Crippen LogP contribution in [0, 0.1) is 0 Å². The molecule has 122 valence electrons. The molecule has 2 rings (SSSR count). The number of ether oxygens (including phenoxy) is 1. The van der Waals surface area contributed by atoms with Crippen molar-refractivity contribution in [2.45, 2.75) is 58.2 Å². The van der Waals surface area contributed by atoms with Crippen LogP contribution in [-0.2, 0) is 0 Å². The van der Waals surface area contributed by atoms with Crippen molar-refractivity contribution >= 4 is 5.78 Å². The molecule has 1 fully saturated rings. The molecule has 0 spiro atoms. The molecule has 1 saturated heterocycles. The molecule has 0 aromatic heterocycles. The van der Waals surface area contributed by atoms with E-state index in [1.54, 1.807) is 31.2 Å². The molecule has 1 aliphatic heterocycles. The Labute approximate surface area is 133 Å². The molecular formula is C18H27NO3. The Morgan fingerprint density at radius 3 is 2.41 bits per heavy atom. The topological polar surface area (TPSA) is 49.8 Å². The number of aliphatic hydroxyl groups excluding tert-OH is 1. The fraction of sp³-hybridized carbons (Fsp3) is 0.611. The lowest BCUT2D eigenvalue weighted by molar-refractivity contribution is 0.0209. The van der Waals surface area contributed by atoms with Crippen LogP contribution < -0.4 is 4.74 Å². The first-order valence-electron chi connectivity index (χ1n) is 8.15. The predicted octanol–water partition coefficient (Wildman–Crippen LogP) is 2.89. The summed E-state index contributed by atoms with van der Waals surface area (Å²) in [6.07, 6.45) is 3.17. The summed E-state index contributed by atoms with van der Waals surface area (Å²) in [6, 6.07) is 8.09. The summed E-state index contributed by atoms with van der Waals surface area (Å²) >= 11 is 0. The van der Waals surface area contributed by atoms with Gasteiger partial charge in [-0.3, -0.25) is 9.69 Å². The molecule has 0 radical (unpaired) electrons. The van der Waals surface area contributed by atoms with Gasteiger partial charge in [-0.15, -0.1) is 0 Å². The maximum Gasteiger partial charge on any atom is 0.159 e. The lowest BCUT2D eigenvalue weighted by Crippen LogP contribution is -2.48. The Kier molecular flexibility index (Phi) is 5.98. The van der Waals surface area contributed by atoms with E-state index in [9.17, 15) is 9.90 Å². The number of aliphatic hydroxyl groups is 1. The van der Waals surface area contributed by atoms with E-state index in [4.69, 9.17) is 4.74 Å². The van der Waals surface area contributed by atoms with E-state index in [-0.39, 0.29) is 12.4 Å². The minimum absolute atomic E-state index is 0.0414. The lowest BCUT2D eigenvalue weighted by Gasteiger charge is -2.40. The molecule has 0 unspecified atom stereocenters. The highest BCUT2D eigenvalue weighted by Gasteiger charge is 2.26. The SMILES string of the molecule is CC(=O)c1ccc(OC[C@@H](O)CN2[C@@H](C)CCC[C@@H]2C)cc1. The number of hydrogen-bond acceptors (Lipinski definition) is 4. The van der Waals surface area contributed by atoms with Gasteiger partial charge in [0.15, 0.2) is 5.78 Å². The number of hydrogen-bond donors (Lipinski definition) is 1. The first-order chi connectivity index (χ1) is 10.5. The van der Waals surface area contributed by atoms with Crippen molar-refractivity contribution < 1.29 is 14.6 Å². The Morgan fingerprint density at radius 1 is 1.27 bits per heavy atom. The van der Waals surface area contributed by atoms with Crippen molar-refractivity contribution in [1.82, 2.24) is 4.90 Å². The second-order valence-electron chi connectivity index (χ2n) is 6.37. The number of carbonyl (C=O) groups is 1. The molecule has 1 aliphatic rings. The Balaban J connectivity index is 1.81. The molecule has 0 aliphatic carbocycles. The smallest absolute Gasteiger partial charge is 0.159 e. The number of β-amino-alcohol motifs (C(OH)–C–C–N with tert-alkyl or cyclic N) is 1. The van der Waals surface area contributed by atoms with E-state index in [0.29, 0.717) is 29.9 Å². The van der Waals surface area contributed by atoms with E-state index in [1.165, 1.54) is 19.3 Å². The van der Waals surface area contributed by atoms with Crippen molar-refractivity contribution in [1.29, 1.82) is 0 Å². The maximum atomic E-state index is 11.2. The third-order valence-electron chi connectivity index (χ3n) is 4.50. The van der Waals surface area contributed by atoms with Crippen LogP contribution in [0.1, 0.15) is 50.4 Å². The summed E-state index contributed by atoms with van der Waals surface area (Å²) in [5.74, 6) is 0.725. The van der Waals surface area contributed by atoms with Crippen molar-refractivity contribution in [2.75, 3.05) is 13.2 Å². The van der Waals surface area contributed by atoms with Crippen LogP contribution in [-0.4, -0.2) is 47.1 Å². The fourth-order valence-electron chi connectivity index (χ4n) is 3.11. The van der Waals surface area contributed by atoms with Gasteiger partial charge in [0.1, 0.15) is 18.5 Å². The van der Waals surface area contributed by atoms with Gasteiger partial charge in [0.2, 0.25) is 0 Å². The van der Waals surface area contributed by atoms with Gasteiger partial charge in [-0.05, 0) is 57.9 Å². The number of likely N-dealkylation sites (tertiary alicyclic amines) is 1. The highest BCUT2D eigenvalue weighted by atomic mass is 16.5. The average molecular weight is 305 g/mol. The number of piperidine rings is 1. The van der Waals surface area contributed by atoms with Gasteiger partial charge in [-0.1, -0.05) is 6.42 Å². The van der Waals surface area contributed by atoms with Crippen LogP contribution >= 0.6 is 0 Å². The van der Waals surface area contributed by atoms with Crippen molar-refractivity contribution in [3.8, 4) is 5.75 Å². The molecule has 1 aromatic carbocycles. The Bertz CT molecular complexity index is 476. The van der Waals surface area contributed by atoms with Crippen LogP contribution in [0.4, 0.5) is 0 Å². The van der Waals surface area contributed by atoms with E-state index in [1.807, 2.05) is 0 Å². The van der Waals surface area contributed by atoms with Crippen LogP contribution in [0.15, 0.2) is 24.3 Å². The number of rotatable bonds is 6. The molecule has 4 heteroatoms. The summed E-state index contributed by atoms with van der Waals surface area (Å²) in [7, 11) is 0. The largest absolute Gasteiger partial charge is 0.491 e. The third-order valence-corrected chi connectivity index (χ3v) is 4.50. The second-order valence-corrected chi connectivity index (χ2v) is 6.37. The fourth-order valence-corrected chi connectivity index (χ4v) is 3.11. The van der Waals surface area contributed by atoms with Gasteiger partial charge in [-0.25, -0.2) is 0 Å². The number of ketones is 1. The van der Waals surface area contributed by atoms with Gasteiger partial charge in [0.25, 0.3) is 0 Å². The number of Topliss-reactive ketones (excluding diaryl/α,β-unsaturated/α-hetero) is 1. The molecule has 1 N–H and O–H groups in total. The number of benzene rings is 1. The first-order valence-corrected chi connectivity index (χ1v) is 8.15. The lowest BCUT2D eigenvalue weighted by atomic mass is 9.97. The van der Waals surface area contributed by atoms with Gasteiger partial charge < -0.3 is 9.84 Å². The number of nitrogens with zero attached hydrogens (tertiary/aromatic N) is 1. The third kappa shape index (κ3) is 4.55. The summed E-state index contributed by atoms with van der Waals surface area (Å²) in [4.78, 5) is 13.6. The molecule has 0 amide bonds. The summed E-state index contributed by atoms with van der Waals surface area (Å²) in [5.41, 5.74) is 0.670. The summed E-state index contributed by atoms with van der Waals surface area (Å²) in [5, 5.41) is 10.2. The summed E-state index contributed by atoms with van der Waals surface area (Å²) in [6.45, 7) is 6.91. The van der Waals surface area contributed by atoms with Crippen molar-refractivity contribution in [3.63, 3.8) is 0 Å². The molecule has 0 saturated carbocycles. The highest BCUT2D eigenvalue weighted by Crippen LogP contribution is 2.22. The maximum absolute atomic E-state index is 11.2. The van der Waals surface area contributed by atoms with Gasteiger partial charge in [0.05, 0.1) is 0 Å². The monoisotopic (exact) mass is 305 g/mol. The Hall–Kier alpha value is -1.39. The summed E-state index contributed by atoms with van der Waals surface area (Å²) < 4.78 is 5.63. The minimum atomic E-state index is -0.504. The van der Waals surface area contributed by atoms with Crippen molar-refractivity contribution in [3.05, 3.63) is 29.8 Å². The zero-order chi connectivity index (χ0) is 16.1. The second kappa shape index (κ2) is 7.75. The molecule has 4 nitrogen and oxygen atoms in total. The average Bonchev–Trinajstić information content (AvgIpc) is 2.49. The minimum Gasteiger partial charge on any atom is -0.491 e. The van der Waals surface area contributed by atoms with Gasteiger partial charge in [0, 0.05) is 24.2 Å². The Morgan fingerprint density at radius 2 is 1.86 bits per heavy atom. The molecule has 3 atom stereocenters. The van der Waals surface area contributed by atoms with Crippen LogP contribution in [0.25, 0.3) is 0 Å². The van der Waals surface area contributed by atoms with Crippen LogP contribution in [0.3, 0.4) is 0 Å². The van der Waals surface area contributed by atoms with E-state index in [0.717, 1.165) is 0 Å². The van der Waals surface area contributed by atoms with E-state index < -0.39 is 6.10 Å². The molecule has 22 heavy (non-hydrogen) atoms. The number of carbonyl (C=O) groups excluding carboxylic acids is 1. The van der Waals surface area contributed by atoms with E-state index >= 15 is 0 Å². The first kappa shape index (κ1) is 17.0. The molecule has 0 bridgehead atoms. The zero-order valence-electron chi connectivity index (χ0n) is 13.8. The van der Waals surface area contributed by atoms with Crippen molar-refractivity contribution in [2.24, 2.45) is 0 Å². The normalized spacial score (nSPS) is 24.0. The predicted molar refractivity (Wildman–Crippen MR) is 87.4 cm³/mol. The van der Waals surface area contributed by atoms with Crippen LogP contribution in [0.2, 0.25) is 0 Å². The van der Waals surface area contributed by atoms with Crippen LogP contribution in [0.5, 0.6) is 5.75 Å². The highest BCUT2D eigenvalue weighted by molar-refractivity contribution is 5.94. The van der Waals surface area contributed by atoms with Gasteiger partial charge >= 0.3 is 0 Å². The molecular weight excluding hydrogens is 278 g/mol. The molecule has 1 aromatic rings. The molecule has 1 heterocycles. The standard InChI is InChI=1S/C18H27NO3/c1-13-5-4-6-14(2)19(13)11-17(21)12-22-18-9-7-16(8-10-18)15(3)20/h7-10,13-14,17,21H,4-6,11-12H2,1-3H3/t13-,14-,17-/m0/s1.